The van der Waals surface area contributed by atoms with E-state index < -0.39 is 0 Å². The Kier molecular flexibility index (Phi) is 5.01. The smallest absolute Gasteiger partial charge is 0.138 e. The van der Waals surface area contributed by atoms with Gasteiger partial charge < -0.3 is 0 Å². The van der Waals surface area contributed by atoms with E-state index >= 15 is 0 Å². The van der Waals surface area contributed by atoms with E-state index in [9.17, 15) is 9.59 Å². The van der Waals surface area contributed by atoms with Crippen molar-refractivity contribution in [3.8, 4) is 0 Å². The topological polar surface area (TPSA) is 34.1 Å². The highest BCUT2D eigenvalue weighted by atomic mass is 16.1. The van der Waals surface area contributed by atoms with Crippen molar-refractivity contribution >= 4 is 11.6 Å². The normalized spacial score (nSPS) is 49.6. The molecule has 0 aromatic carbocycles. The summed E-state index contributed by atoms with van der Waals surface area (Å²) in [5.74, 6) is 4.13. The Balaban J connectivity index is 1.40. The fourth-order valence-electron chi connectivity index (χ4n) is 11.2. The molecule has 0 aromatic rings. The second kappa shape index (κ2) is 6.94. The van der Waals surface area contributed by atoms with Crippen molar-refractivity contribution in [3.05, 3.63) is 0 Å². The van der Waals surface area contributed by atoms with Gasteiger partial charge in [0.2, 0.25) is 0 Å². The van der Waals surface area contributed by atoms with Crippen LogP contribution in [0.15, 0.2) is 0 Å². The minimum absolute atomic E-state index is 0.113. The lowest BCUT2D eigenvalue weighted by molar-refractivity contribution is -0.157. The molecule has 5 saturated carbocycles. The summed E-state index contributed by atoms with van der Waals surface area (Å²) in [7, 11) is 0. The molecule has 0 amide bonds. The summed E-state index contributed by atoms with van der Waals surface area (Å²) in [5.41, 5.74) is 1.66. The predicted molar refractivity (Wildman–Crippen MR) is 130 cm³/mol. The van der Waals surface area contributed by atoms with Crippen LogP contribution in [0.2, 0.25) is 0 Å². The Morgan fingerprint density at radius 3 is 2.19 bits per heavy atom. The molecule has 5 aliphatic carbocycles. The molecule has 0 unspecified atom stereocenters. The molecule has 0 aliphatic heterocycles. The number of ketones is 2. The maximum absolute atomic E-state index is 12.8. The van der Waals surface area contributed by atoms with Gasteiger partial charge in [-0.1, -0.05) is 48.5 Å². The zero-order valence-electron chi connectivity index (χ0n) is 22.0. The number of carbonyl (C=O) groups is 2. The molecule has 0 radical (unpaired) electrons. The number of carbonyl (C=O) groups excluding carboxylic acids is 2. The first-order valence-electron chi connectivity index (χ1n) is 13.9. The van der Waals surface area contributed by atoms with E-state index in [1.165, 1.54) is 51.4 Å². The summed E-state index contributed by atoms with van der Waals surface area (Å²) in [6.45, 7) is 16.5. The van der Waals surface area contributed by atoms with Crippen molar-refractivity contribution in [2.45, 2.75) is 119 Å². The zero-order valence-corrected chi connectivity index (χ0v) is 22.0. The van der Waals surface area contributed by atoms with Gasteiger partial charge >= 0.3 is 0 Å². The van der Waals surface area contributed by atoms with Crippen LogP contribution < -0.4 is 0 Å². The molecule has 2 heteroatoms. The van der Waals surface area contributed by atoms with E-state index in [-0.39, 0.29) is 5.41 Å². The second-order valence-corrected chi connectivity index (χ2v) is 14.6. The van der Waals surface area contributed by atoms with Crippen molar-refractivity contribution in [1.29, 1.82) is 0 Å². The van der Waals surface area contributed by atoms with Crippen LogP contribution in [-0.4, -0.2) is 11.6 Å². The Hall–Kier alpha value is -0.660. The van der Waals surface area contributed by atoms with Crippen LogP contribution in [0.1, 0.15) is 119 Å². The third-order valence-electron chi connectivity index (χ3n) is 12.8. The zero-order chi connectivity index (χ0) is 23.3. The maximum atomic E-state index is 12.8. The first-order chi connectivity index (χ1) is 14.8. The molecule has 0 bridgehead atoms. The van der Waals surface area contributed by atoms with Gasteiger partial charge in [-0.25, -0.2) is 0 Å². The molecule has 5 fully saturated rings. The minimum Gasteiger partial charge on any atom is -0.300 e. The fraction of sp³-hybridized carbons (Fsp3) is 0.933. The molecule has 2 spiro atoms. The molecular weight excluding hydrogens is 392 g/mol. The van der Waals surface area contributed by atoms with E-state index in [4.69, 9.17) is 0 Å². The Labute approximate surface area is 197 Å². The lowest BCUT2D eigenvalue weighted by Crippen LogP contribution is -2.57. The fourth-order valence-corrected chi connectivity index (χ4v) is 11.2. The van der Waals surface area contributed by atoms with Gasteiger partial charge in [0.15, 0.2) is 0 Å². The van der Waals surface area contributed by atoms with Gasteiger partial charge in [0, 0.05) is 24.7 Å². The summed E-state index contributed by atoms with van der Waals surface area (Å²) in [4.78, 5) is 25.5. The highest BCUT2D eigenvalue weighted by Gasteiger charge is 2.82. The van der Waals surface area contributed by atoms with Gasteiger partial charge in [-0.2, -0.15) is 0 Å². The molecule has 2 nitrogen and oxygen atoms in total. The van der Waals surface area contributed by atoms with Crippen molar-refractivity contribution in [2.75, 3.05) is 0 Å². The molecule has 5 rings (SSSR count). The molecule has 8 atom stereocenters. The largest absolute Gasteiger partial charge is 0.300 e. The second-order valence-electron chi connectivity index (χ2n) is 14.6. The van der Waals surface area contributed by atoms with Gasteiger partial charge in [-0.15, -0.1) is 0 Å². The first kappa shape index (κ1) is 23.1. The van der Waals surface area contributed by atoms with Crippen LogP contribution in [0.3, 0.4) is 0 Å². The molecule has 0 N–H and O–H groups in total. The van der Waals surface area contributed by atoms with E-state index in [1.54, 1.807) is 0 Å². The summed E-state index contributed by atoms with van der Waals surface area (Å²) in [5, 5.41) is 0. The number of fused-ring (bicyclic) bond motifs is 2. The quantitative estimate of drug-likeness (QED) is 0.440. The van der Waals surface area contributed by atoms with Crippen LogP contribution >= 0.6 is 0 Å². The van der Waals surface area contributed by atoms with E-state index in [2.05, 4.69) is 48.5 Å². The lowest BCUT2D eigenvalue weighted by Gasteiger charge is -2.62. The Morgan fingerprint density at radius 2 is 1.50 bits per heavy atom. The van der Waals surface area contributed by atoms with Gasteiger partial charge in [-0.3, -0.25) is 9.59 Å². The molecule has 5 aliphatic rings. The number of hydrogen-bond donors (Lipinski definition) is 0. The summed E-state index contributed by atoms with van der Waals surface area (Å²) < 4.78 is 0. The van der Waals surface area contributed by atoms with Crippen molar-refractivity contribution in [2.24, 2.45) is 56.7 Å². The highest BCUT2D eigenvalue weighted by Crippen LogP contribution is 2.88. The molecule has 0 aromatic heterocycles. The minimum atomic E-state index is -0.113. The molecule has 0 saturated heterocycles. The van der Waals surface area contributed by atoms with Crippen LogP contribution in [0, 0.1) is 56.7 Å². The average Bonchev–Trinajstić information content (AvgIpc) is 3.27. The lowest BCUT2D eigenvalue weighted by atomic mass is 9.42. The molecular formula is C30H48O2. The number of rotatable bonds is 5. The molecule has 32 heavy (non-hydrogen) atoms. The highest BCUT2D eigenvalue weighted by molar-refractivity contribution is 5.86. The Morgan fingerprint density at radius 1 is 0.844 bits per heavy atom. The average molecular weight is 441 g/mol. The number of hydrogen-bond acceptors (Lipinski definition) is 2. The third kappa shape index (κ3) is 2.70. The van der Waals surface area contributed by atoms with Gasteiger partial charge in [0.05, 0.1) is 0 Å². The van der Waals surface area contributed by atoms with Crippen molar-refractivity contribution in [3.63, 3.8) is 0 Å². The van der Waals surface area contributed by atoms with E-state index in [0.717, 1.165) is 25.2 Å². The van der Waals surface area contributed by atoms with Gasteiger partial charge in [-0.05, 0) is 103 Å². The van der Waals surface area contributed by atoms with Crippen LogP contribution in [0.25, 0.3) is 0 Å². The van der Waals surface area contributed by atoms with Gasteiger partial charge in [0.25, 0.3) is 0 Å². The monoisotopic (exact) mass is 440 g/mol. The summed E-state index contributed by atoms with van der Waals surface area (Å²) in [6.07, 6.45) is 12.9. The van der Waals surface area contributed by atoms with Crippen molar-refractivity contribution < 1.29 is 9.59 Å². The third-order valence-corrected chi connectivity index (χ3v) is 12.8. The summed E-state index contributed by atoms with van der Waals surface area (Å²) in [6, 6.07) is 0. The van der Waals surface area contributed by atoms with Crippen LogP contribution in [0.5, 0.6) is 0 Å². The van der Waals surface area contributed by atoms with Crippen LogP contribution in [-0.2, 0) is 9.59 Å². The van der Waals surface area contributed by atoms with Crippen LogP contribution in [0.4, 0.5) is 0 Å². The Bertz CT molecular complexity index is 825. The van der Waals surface area contributed by atoms with Gasteiger partial charge in [0.1, 0.15) is 11.6 Å². The van der Waals surface area contributed by atoms with Crippen molar-refractivity contribution in [1.82, 2.24) is 0 Å². The standard InChI is InChI=1S/C30H48O2/c1-19(2)16-21(31)17-20(3)22-10-12-28(7)24-9-8-23-26(4,5)25(32)11-13-29(23)18-30(24,29)15-14-27(22,28)6/h19-20,22-24H,8-18H2,1-7H3/t20-,22-,23+,24+,27-,28+,29-,30+/m1/s1. The summed E-state index contributed by atoms with van der Waals surface area (Å²) >= 11 is 0. The predicted octanol–water partition coefficient (Wildman–Crippen LogP) is 7.64. The molecule has 180 valence electrons. The SMILES string of the molecule is CC(C)CC(=O)C[C@@H](C)[C@H]1CC[C@@]2(C)[C@@H]3CC[C@H]4C(C)(C)C(=O)CC[C@@]45C[C@@]35CC[C@]12C. The first-order valence-corrected chi connectivity index (χ1v) is 13.9. The van der Waals surface area contributed by atoms with E-state index in [0.29, 0.717) is 56.9 Å². The molecule has 0 heterocycles. The van der Waals surface area contributed by atoms with E-state index in [1.807, 2.05) is 0 Å². The number of Topliss-reactive ketones (excluding diaryl/α,β-unsaturated/α-hetero) is 2. The maximum Gasteiger partial charge on any atom is 0.138 e.